The molecule has 0 saturated heterocycles. The highest BCUT2D eigenvalue weighted by atomic mass is 19.1. The van der Waals surface area contributed by atoms with Gasteiger partial charge in [0.05, 0.1) is 0 Å². The molecule has 24 heavy (non-hydrogen) atoms. The predicted molar refractivity (Wildman–Crippen MR) is 89.9 cm³/mol. The number of aliphatic carboxylic acids is 1. The molecule has 0 bridgehead atoms. The van der Waals surface area contributed by atoms with Crippen molar-refractivity contribution in [1.29, 1.82) is 0 Å². The van der Waals surface area contributed by atoms with Crippen LogP contribution in [0.1, 0.15) is 16.7 Å². The van der Waals surface area contributed by atoms with E-state index in [1.807, 2.05) is 6.07 Å². The van der Waals surface area contributed by atoms with Gasteiger partial charge in [-0.1, -0.05) is 42.5 Å². The number of carbonyl (C=O) groups is 2. The molecule has 5 heteroatoms. The normalized spacial score (nSPS) is 12.1. The summed E-state index contributed by atoms with van der Waals surface area (Å²) in [4.78, 5) is 23.2. The minimum Gasteiger partial charge on any atom is -0.480 e. The Morgan fingerprint density at radius 1 is 1.21 bits per heavy atom. The first kappa shape index (κ1) is 17.4. The van der Waals surface area contributed by atoms with E-state index in [2.05, 4.69) is 5.32 Å². The number of carboxylic acids is 1. The van der Waals surface area contributed by atoms with E-state index in [1.54, 1.807) is 43.3 Å². The summed E-state index contributed by atoms with van der Waals surface area (Å²) >= 11 is 0. The maximum atomic E-state index is 13.7. The zero-order valence-electron chi connectivity index (χ0n) is 13.2. The third kappa shape index (κ3) is 5.05. The van der Waals surface area contributed by atoms with Crippen molar-refractivity contribution < 1.29 is 19.1 Å². The number of aryl methyl sites for hydroxylation is 1. The largest absolute Gasteiger partial charge is 0.480 e. The Morgan fingerprint density at radius 2 is 1.92 bits per heavy atom. The van der Waals surface area contributed by atoms with Gasteiger partial charge in [0.1, 0.15) is 11.9 Å². The highest BCUT2D eigenvalue weighted by Gasteiger charge is 2.19. The van der Waals surface area contributed by atoms with Crippen LogP contribution in [0, 0.1) is 12.7 Å². The molecule has 1 atom stereocenters. The monoisotopic (exact) mass is 327 g/mol. The van der Waals surface area contributed by atoms with E-state index in [-0.39, 0.29) is 12.0 Å². The number of hydrogen-bond donors (Lipinski definition) is 2. The average Bonchev–Trinajstić information content (AvgIpc) is 2.54. The van der Waals surface area contributed by atoms with Crippen molar-refractivity contribution in [2.45, 2.75) is 19.4 Å². The number of carboxylic acid groups (broad SMARTS) is 1. The van der Waals surface area contributed by atoms with E-state index in [0.717, 1.165) is 17.2 Å². The van der Waals surface area contributed by atoms with Gasteiger partial charge in [-0.25, -0.2) is 9.18 Å². The molecular weight excluding hydrogens is 309 g/mol. The Hall–Kier alpha value is -2.95. The molecule has 0 spiro atoms. The van der Waals surface area contributed by atoms with Crippen molar-refractivity contribution in [1.82, 2.24) is 5.32 Å². The molecule has 124 valence electrons. The van der Waals surface area contributed by atoms with Crippen LogP contribution in [0.4, 0.5) is 4.39 Å². The summed E-state index contributed by atoms with van der Waals surface area (Å²) in [7, 11) is 0. The van der Waals surface area contributed by atoms with Gasteiger partial charge in [0.25, 0.3) is 0 Å². The molecule has 0 fully saturated rings. The summed E-state index contributed by atoms with van der Waals surface area (Å²) in [5, 5.41) is 11.7. The Bertz CT molecular complexity index is 756. The predicted octanol–water partition coefficient (Wildman–Crippen LogP) is 2.96. The molecule has 0 heterocycles. The van der Waals surface area contributed by atoms with Gasteiger partial charge in [-0.15, -0.1) is 0 Å². The van der Waals surface area contributed by atoms with Gasteiger partial charge < -0.3 is 10.4 Å². The van der Waals surface area contributed by atoms with Gasteiger partial charge in [0, 0.05) is 18.1 Å². The van der Waals surface area contributed by atoms with Crippen molar-refractivity contribution in [2.75, 3.05) is 0 Å². The fraction of sp³-hybridized carbons (Fsp3) is 0.158. The number of amides is 1. The fourth-order valence-corrected chi connectivity index (χ4v) is 2.20. The summed E-state index contributed by atoms with van der Waals surface area (Å²) in [6.07, 6.45) is 2.63. The molecule has 2 aromatic carbocycles. The molecular formula is C19H18FNO3. The zero-order valence-corrected chi connectivity index (χ0v) is 13.2. The Balaban J connectivity index is 2.02. The van der Waals surface area contributed by atoms with E-state index in [0.29, 0.717) is 0 Å². The van der Waals surface area contributed by atoms with Crippen molar-refractivity contribution in [3.05, 3.63) is 77.1 Å². The Labute approximate surface area is 139 Å². The lowest BCUT2D eigenvalue weighted by Crippen LogP contribution is -2.41. The SMILES string of the molecule is Cc1ccc(C=CC(=O)N[C@@H](Cc2ccccc2)C(=O)O)c(F)c1. The quantitative estimate of drug-likeness (QED) is 0.802. The van der Waals surface area contributed by atoms with E-state index in [4.69, 9.17) is 0 Å². The number of benzene rings is 2. The van der Waals surface area contributed by atoms with Crippen molar-refractivity contribution in [2.24, 2.45) is 0 Å². The van der Waals surface area contributed by atoms with Crippen LogP contribution in [0.3, 0.4) is 0 Å². The molecule has 0 aliphatic rings. The topological polar surface area (TPSA) is 66.4 Å². The number of nitrogens with one attached hydrogen (secondary N) is 1. The van der Waals surface area contributed by atoms with E-state index in [9.17, 15) is 19.1 Å². The first-order valence-corrected chi connectivity index (χ1v) is 7.47. The van der Waals surface area contributed by atoms with Crippen molar-refractivity contribution >= 4 is 18.0 Å². The summed E-state index contributed by atoms with van der Waals surface area (Å²) in [6, 6.07) is 12.6. The van der Waals surface area contributed by atoms with E-state index >= 15 is 0 Å². The minimum absolute atomic E-state index is 0.175. The van der Waals surface area contributed by atoms with Crippen molar-refractivity contribution in [3.8, 4) is 0 Å². The molecule has 2 aromatic rings. The first-order chi connectivity index (χ1) is 11.5. The van der Waals surface area contributed by atoms with Crippen LogP contribution in [0.15, 0.2) is 54.6 Å². The number of carbonyl (C=O) groups excluding carboxylic acids is 1. The summed E-state index contributed by atoms with van der Waals surface area (Å²) in [5.74, 6) is -2.14. The van der Waals surface area contributed by atoms with Gasteiger partial charge in [-0.3, -0.25) is 4.79 Å². The van der Waals surface area contributed by atoms with Crippen LogP contribution >= 0.6 is 0 Å². The highest BCUT2D eigenvalue weighted by molar-refractivity contribution is 5.94. The third-order valence-electron chi connectivity index (χ3n) is 3.47. The fourth-order valence-electron chi connectivity index (χ4n) is 2.20. The van der Waals surface area contributed by atoms with E-state index < -0.39 is 23.7 Å². The van der Waals surface area contributed by atoms with Gasteiger partial charge >= 0.3 is 5.97 Å². The molecule has 0 aliphatic carbocycles. The smallest absolute Gasteiger partial charge is 0.326 e. The Kier molecular flexibility index (Phi) is 5.84. The van der Waals surface area contributed by atoms with Crippen LogP contribution in [0.2, 0.25) is 0 Å². The molecule has 0 saturated carbocycles. The highest BCUT2D eigenvalue weighted by Crippen LogP contribution is 2.11. The molecule has 2 rings (SSSR count). The number of hydrogen-bond acceptors (Lipinski definition) is 2. The van der Waals surface area contributed by atoms with Crippen LogP contribution < -0.4 is 5.32 Å². The average molecular weight is 327 g/mol. The van der Waals surface area contributed by atoms with Crippen molar-refractivity contribution in [3.63, 3.8) is 0 Å². The van der Waals surface area contributed by atoms with Gasteiger partial charge in [0.15, 0.2) is 0 Å². The molecule has 1 amide bonds. The maximum absolute atomic E-state index is 13.7. The van der Waals surface area contributed by atoms with Crippen LogP contribution in [0.5, 0.6) is 0 Å². The summed E-state index contributed by atoms with van der Waals surface area (Å²) in [6.45, 7) is 1.77. The Morgan fingerprint density at radius 3 is 2.54 bits per heavy atom. The molecule has 0 radical (unpaired) electrons. The van der Waals surface area contributed by atoms with Crippen LogP contribution in [-0.4, -0.2) is 23.0 Å². The second kappa shape index (κ2) is 8.06. The van der Waals surface area contributed by atoms with Gasteiger partial charge in [0.2, 0.25) is 5.91 Å². The summed E-state index contributed by atoms with van der Waals surface area (Å²) in [5.41, 5.74) is 1.85. The molecule has 0 aromatic heterocycles. The third-order valence-corrected chi connectivity index (χ3v) is 3.47. The van der Waals surface area contributed by atoms with Crippen LogP contribution in [0.25, 0.3) is 6.08 Å². The molecule has 0 aliphatic heterocycles. The molecule has 4 nitrogen and oxygen atoms in total. The standard InChI is InChI=1S/C19H18FNO3/c1-13-7-8-15(16(20)11-13)9-10-18(22)21-17(19(23)24)12-14-5-3-2-4-6-14/h2-11,17H,12H2,1H3,(H,21,22)(H,23,24)/t17-/m0/s1. The number of rotatable bonds is 6. The zero-order chi connectivity index (χ0) is 17.5. The summed E-state index contributed by atoms with van der Waals surface area (Å²) < 4.78 is 13.7. The van der Waals surface area contributed by atoms with Gasteiger partial charge in [-0.2, -0.15) is 0 Å². The number of halogens is 1. The van der Waals surface area contributed by atoms with E-state index in [1.165, 1.54) is 12.1 Å². The lowest BCUT2D eigenvalue weighted by Gasteiger charge is -2.13. The maximum Gasteiger partial charge on any atom is 0.326 e. The first-order valence-electron chi connectivity index (χ1n) is 7.47. The lowest BCUT2D eigenvalue weighted by atomic mass is 10.1. The minimum atomic E-state index is -1.12. The molecule has 0 unspecified atom stereocenters. The molecule has 2 N–H and O–H groups in total. The van der Waals surface area contributed by atoms with Gasteiger partial charge in [-0.05, 0) is 30.2 Å². The second-order valence-electron chi connectivity index (χ2n) is 5.45. The van der Waals surface area contributed by atoms with Crippen LogP contribution in [-0.2, 0) is 16.0 Å². The lowest BCUT2D eigenvalue weighted by molar-refractivity contribution is -0.141. The second-order valence-corrected chi connectivity index (χ2v) is 5.45.